The summed E-state index contributed by atoms with van der Waals surface area (Å²) in [4.78, 5) is 12.1. The molecule has 0 amide bonds. The lowest BCUT2D eigenvalue weighted by molar-refractivity contribution is 0.0574. The largest absolute Gasteiger partial charge is 0.483 e. The van der Waals surface area contributed by atoms with E-state index >= 15 is 0 Å². The smallest absolute Gasteiger partial charge is 0.223 e. The first-order valence-corrected chi connectivity index (χ1v) is 7.46. The third-order valence-corrected chi connectivity index (χ3v) is 3.42. The van der Waals surface area contributed by atoms with E-state index in [1.54, 1.807) is 10.8 Å². The molecule has 0 aliphatic rings. The monoisotopic (exact) mass is 318 g/mol. The third-order valence-electron chi connectivity index (χ3n) is 3.42. The molecular weight excluding hydrogens is 296 g/mol. The summed E-state index contributed by atoms with van der Waals surface area (Å²) in [5.41, 5.74) is 6.59. The molecule has 1 atom stereocenters. The molecule has 0 saturated heterocycles. The third kappa shape index (κ3) is 4.92. The molecule has 2 aromatic rings. The Kier molecular flexibility index (Phi) is 6.34. The predicted molar refractivity (Wildman–Crippen MR) is 87.0 cm³/mol. The number of nitrogens with two attached hydrogens (primary N) is 1. The van der Waals surface area contributed by atoms with Crippen LogP contribution in [0.1, 0.15) is 18.2 Å². The minimum Gasteiger partial charge on any atom is -0.483 e. The average Bonchev–Trinajstić information content (AvgIpc) is 2.56. The van der Waals surface area contributed by atoms with Crippen LogP contribution in [0, 0.1) is 0 Å². The first kappa shape index (κ1) is 17.2. The molecule has 1 heterocycles. The molecule has 1 aromatic heterocycles. The van der Waals surface area contributed by atoms with Gasteiger partial charge in [-0.05, 0) is 12.5 Å². The second kappa shape index (κ2) is 8.47. The van der Waals surface area contributed by atoms with E-state index in [2.05, 4.69) is 0 Å². The Labute approximate surface area is 135 Å². The summed E-state index contributed by atoms with van der Waals surface area (Å²) in [6, 6.07) is 11.0. The van der Waals surface area contributed by atoms with Gasteiger partial charge in [0.05, 0.1) is 25.6 Å². The molecule has 6 heteroatoms. The van der Waals surface area contributed by atoms with Crippen molar-refractivity contribution in [2.75, 3.05) is 6.73 Å². The van der Waals surface area contributed by atoms with Gasteiger partial charge in [-0.1, -0.05) is 30.3 Å². The van der Waals surface area contributed by atoms with Gasteiger partial charge in [-0.2, -0.15) is 0 Å². The van der Waals surface area contributed by atoms with Gasteiger partial charge >= 0.3 is 0 Å². The van der Waals surface area contributed by atoms with E-state index in [0.717, 1.165) is 5.56 Å². The number of benzene rings is 1. The van der Waals surface area contributed by atoms with E-state index in [0.29, 0.717) is 18.8 Å². The number of hydrogen-bond acceptors (Lipinski definition) is 5. The van der Waals surface area contributed by atoms with Crippen LogP contribution in [0.2, 0.25) is 0 Å². The van der Waals surface area contributed by atoms with Crippen LogP contribution < -0.4 is 15.9 Å². The number of hydrogen-bond donors (Lipinski definition) is 2. The minimum atomic E-state index is -0.256. The van der Waals surface area contributed by atoms with E-state index in [4.69, 9.17) is 15.2 Å². The van der Waals surface area contributed by atoms with E-state index in [-0.39, 0.29) is 30.6 Å². The maximum atomic E-state index is 12.1. The highest BCUT2D eigenvalue weighted by Crippen LogP contribution is 2.11. The molecule has 6 nitrogen and oxygen atoms in total. The van der Waals surface area contributed by atoms with E-state index in [1.165, 1.54) is 6.07 Å². The molecule has 124 valence electrons. The molecular formula is C17H22N2O4. The normalized spacial score (nSPS) is 12.1. The van der Waals surface area contributed by atoms with Gasteiger partial charge in [0.2, 0.25) is 5.43 Å². The molecule has 0 aliphatic heterocycles. The summed E-state index contributed by atoms with van der Waals surface area (Å²) < 4.78 is 12.7. The van der Waals surface area contributed by atoms with Gasteiger partial charge in [0.1, 0.15) is 6.61 Å². The van der Waals surface area contributed by atoms with Gasteiger partial charge in [0.15, 0.2) is 5.75 Å². The lowest BCUT2D eigenvalue weighted by Crippen LogP contribution is -2.24. The molecule has 0 spiro atoms. The van der Waals surface area contributed by atoms with Crippen LogP contribution >= 0.6 is 0 Å². The van der Waals surface area contributed by atoms with Crippen LogP contribution in [-0.2, 0) is 24.5 Å². The molecule has 0 radical (unpaired) electrons. The molecule has 2 rings (SSSR count). The lowest BCUT2D eigenvalue weighted by atomic mass is 10.2. The van der Waals surface area contributed by atoms with Crippen LogP contribution in [-0.4, -0.2) is 22.5 Å². The predicted octanol–water partition coefficient (Wildman–Crippen LogP) is 1.24. The molecule has 0 saturated carbocycles. The summed E-state index contributed by atoms with van der Waals surface area (Å²) in [6.07, 6.45) is 1.46. The summed E-state index contributed by atoms with van der Waals surface area (Å²) in [5.74, 6) is 0.242. The standard InChI is InChI=1S/C17H22N2O4/c1-13(23-12-18)8-19-9-17(16(21)7-15(19)10-20)22-11-14-5-3-2-4-6-14/h2-7,9,13,20H,8,10-12,18H2,1H3. The maximum absolute atomic E-state index is 12.1. The van der Waals surface area contributed by atoms with E-state index in [1.807, 2.05) is 37.3 Å². The van der Waals surface area contributed by atoms with Crippen molar-refractivity contribution in [3.05, 3.63) is 64.1 Å². The molecule has 0 fully saturated rings. The molecule has 3 N–H and O–H groups in total. The van der Waals surface area contributed by atoms with Crippen LogP contribution in [0.4, 0.5) is 0 Å². The maximum Gasteiger partial charge on any atom is 0.223 e. The Hall–Kier alpha value is -2.15. The quantitative estimate of drug-likeness (QED) is 0.715. The highest BCUT2D eigenvalue weighted by molar-refractivity contribution is 5.23. The first-order valence-electron chi connectivity index (χ1n) is 7.46. The zero-order valence-corrected chi connectivity index (χ0v) is 13.1. The Morgan fingerprint density at radius 2 is 2.04 bits per heavy atom. The number of rotatable bonds is 8. The highest BCUT2D eigenvalue weighted by atomic mass is 16.5. The summed E-state index contributed by atoms with van der Waals surface area (Å²) in [5, 5.41) is 9.42. The molecule has 1 aromatic carbocycles. The van der Waals surface area contributed by atoms with Gasteiger partial charge in [-0.3, -0.25) is 4.79 Å². The van der Waals surface area contributed by atoms with E-state index in [9.17, 15) is 9.90 Å². The SMILES string of the molecule is CC(Cn1cc(OCc2ccccc2)c(=O)cc1CO)OCN. The fourth-order valence-electron chi connectivity index (χ4n) is 2.24. The van der Waals surface area contributed by atoms with E-state index < -0.39 is 0 Å². The van der Waals surface area contributed by atoms with Gasteiger partial charge < -0.3 is 24.9 Å². The number of aromatic nitrogens is 1. The van der Waals surface area contributed by atoms with Crippen molar-refractivity contribution in [1.29, 1.82) is 0 Å². The number of pyridine rings is 1. The average molecular weight is 318 g/mol. The number of ether oxygens (including phenoxy) is 2. The second-order valence-electron chi connectivity index (χ2n) is 5.22. The van der Waals surface area contributed by atoms with Crippen molar-refractivity contribution < 1.29 is 14.6 Å². The zero-order chi connectivity index (χ0) is 16.7. The Bertz CT molecular complexity index is 670. The Balaban J connectivity index is 2.17. The van der Waals surface area contributed by atoms with Crippen LogP contribution in [0.25, 0.3) is 0 Å². The lowest BCUT2D eigenvalue weighted by Gasteiger charge is -2.18. The fraction of sp³-hybridized carbons (Fsp3) is 0.353. The summed E-state index contributed by atoms with van der Waals surface area (Å²) >= 11 is 0. The van der Waals surface area contributed by atoms with Crippen molar-refractivity contribution in [1.82, 2.24) is 4.57 Å². The molecule has 0 bridgehead atoms. The number of aliphatic hydroxyl groups is 1. The summed E-state index contributed by atoms with van der Waals surface area (Å²) in [7, 11) is 0. The van der Waals surface area contributed by atoms with Gasteiger partial charge in [0.25, 0.3) is 0 Å². The van der Waals surface area contributed by atoms with Crippen LogP contribution in [0.15, 0.2) is 47.4 Å². The van der Waals surface area contributed by atoms with Crippen molar-refractivity contribution in [2.24, 2.45) is 5.73 Å². The Morgan fingerprint density at radius 1 is 1.30 bits per heavy atom. The first-order chi connectivity index (χ1) is 11.1. The van der Waals surface area contributed by atoms with Crippen molar-refractivity contribution in [3.63, 3.8) is 0 Å². The zero-order valence-electron chi connectivity index (χ0n) is 13.1. The highest BCUT2D eigenvalue weighted by Gasteiger charge is 2.10. The topological polar surface area (TPSA) is 86.7 Å². The minimum absolute atomic E-state index is 0.118. The number of aliphatic hydroxyl groups excluding tert-OH is 1. The second-order valence-corrected chi connectivity index (χ2v) is 5.22. The van der Waals surface area contributed by atoms with Crippen molar-refractivity contribution >= 4 is 0 Å². The molecule has 0 aliphatic carbocycles. The fourth-order valence-corrected chi connectivity index (χ4v) is 2.24. The number of nitrogens with zero attached hydrogens (tertiary/aromatic N) is 1. The van der Waals surface area contributed by atoms with Crippen LogP contribution in [0.5, 0.6) is 5.75 Å². The van der Waals surface area contributed by atoms with Gasteiger partial charge in [-0.15, -0.1) is 0 Å². The van der Waals surface area contributed by atoms with Crippen molar-refractivity contribution in [2.45, 2.75) is 32.8 Å². The molecule has 23 heavy (non-hydrogen) atoms. The summed E-state index contributed by atoms with van der Waals surface area (Å²) in [6.45, 7) is 2.53. The van der Waals surface area contributed by atoms with Gasteiger partial charge in [0, 0.05) is 18.3 Å². The van der Waals surface area contributed by atoms with Crippen LogP contribution in [0.3, 0.4) is 0 Å². The van der Waals surface area contributed by atoms with Gasteiger partial charge in [-0.25, -0.2) is 0 Å². The van der Waals surface area contributed by atoms with Crippen molar-refractivity contribution in [3.8, 4) is 5.75 Å². The molecule has 1 unspecified atom stereocenters. The Morgan fingerprint density at radius 3 is 2.70 bits per heavy atom.